The highest BCUT2D eigenvalue weighted by atomic mass is 28.3. The van der Waals surface area contributed by atoms with Gasteiger partial charge in [0.05, 0.1) is 38.5 Å². The maximum atomic E-state index is 13.3. The maximum absolute atomic E-state index is 13.3. The Hall–Kier alpha value is -2.65. The molecule has 1 saturated carbocycles. The van der Waals surface area contributed by atoms with Gasteiger partial charge in [0.2, 0.25) is 5.91 Å². The zero-order chi connectivity index (χ0) is 24.0. The van der Waals surface area contributed by atoms with Crippen LogP contribution >= 0.6 is 0 Å². The second kappa shape index (κ2) is 8.29. The van der Waals surface area contributed by atoms with E-state index in [-0.39, 0.29) is 23.6 Å². The SMILES string of the molecule is CC1(C)c2[nH]nc(NC(=O)C3([Si](C)(C)C)CCC3)c2CN1C(=O)NC(CO)c1ccccc1. The molecular weight excluding hydrogens is 434 g/mol. The number of fused-ring (bicyclic) bond motifs is 1. The third-order valence-electron chi connectivity index (χ3n) is 7.71. The number of benzene rings is 1. The van der Waals surface area contributed by atoms with Gasteiger partial charge in [-0.2, -0.15) is 5.10 Å². The van der Waals surface area contributed by atoms with Crippen molar-refractivity contribution in [3.05, 3.63) is 47.2 Å². The topological polar surface area (TPSA) is 110 Å². The Kier molecular flexibility index (Phi) is 5.90. The molecule has 1 aliphatic carbocycles. The second-order valence-electron chi connectivity index (χ2n) is 10.8. The van der Waals surface area contributed by atoms with Gasteiger partial charge in [0.1, 0.15) is 0 Å². The number of urea groups is 1. The fourth-order valence-corrected chi connectivity index (χ4v) is 7.76. The Morgan fingerprint density at radius 3 is 2.42 bits per heavy atom. The first-order valence-corrected chi connectivity index (χ1v) is 15.1. The molecule has 0 spiro atoms. The summed E-state index contributed by atoms with van der Waals surface area (Å²) in [6, 6.07) is 8.64. The highest BCUT2D eigenvalue weighted by Crippen LogP contribution is 2.56. The number of carbonyl (C=O) groups is 2. The number of carbonyl (C=O) groups excluding carboxylic acids is 2. The maximum Gasteiger partial charge on any atom is 0.319 e. The molecule has 2 aromatic rings. The Bertz CT molecular complexity index is 1040. The molecular formula is C24H35N5O3Si. The normalized spacial score (nSPS) is 19.4. The van der Waals surface area contributed by atoms with Crippen LogP contribution in [0, 0.1) is 0 Å². The van der Waals surface area contributed by atoms with Gasteiger partial charge in [-0.15, -0.1) is 0 Å². The number of aromatic amines is 1. The van der Waals surface area contributed by atoms with Crippen molar-refractivity contribution in [2.24, 2.45) is 0 Å². The lowest BCUT2D eigenvalue weighted by Crippen LogP contribution is -2.52. The zero-order valence-electron chi connectivity index (χ0n) is 20.2. The molecule has 4 rings (SSSR count). The molecule has 1 aromatic heterocycles. The molecule has 0 radical (unpaired) electrons. The van der Waals surface area contributed by atoms with Crippen LogP contribution in [0.2, 0.25) is 24.7 Å². The van der Waals surface area contributed by atoms with Gasteiger partial charge < -0.3 is 20.6 Å². The van der Waals surface area contributed by atoms with E-state index in [0.29, 0.717) is 12.4 Å². The minimum atomic E-state index is -1.71. The number of hydrogen-bond acceptors (Lipinski definition) is 4. The Balaban J connectivity index is 1.52. The van der Waals surface area contributed by atoms with E-state index in [9.17, 15) is 14.7 Å². The highest BCUT2D eigenvalue weighted by Gasteiger charge is 2.54. The Morgan fingerprint density at radius 2 is 1.88 bits per heavy atom. The number of nitrogens with zero attached hydrogens (tertiary/aromatic N) is 2. The lowest BCUT2D eigenvalue weighted by Gasteiger charge is -2.48. The summed E-state index contributed by atoms with van der Waals surface area (Å²) in [7, 11) is -1.71. The van der Waals surface area contributed by atoms with Crippen LogP contribution in [0.1, 0.15) is 56.0 Å². The van der Waals surface area contributed by atoms with E-state index in [0.717, 1.165) is 36.1 Å². The number of anilines is 1. The molecule has 1 fully saturated rings. The molecule has 0 bridgehead atoms. The second-order valence-corrected chi connectivity index (χ2v) is 16.3. The van der Waals surface area contributed by atoms with Crippen LogP contribution in [0.15, 0.2) is 30.3 Å². The molecule has 4 N–H and O–H groups in total. The first-order valence-electron chi connectivity index (χ1n) is 11.6. The van der Waals surface area contributed by atoms with Gasteiger partial charge in [-0.1, -0.05) is 56.4 Å². The molecule has 178 valence electrons. The van der Waals surface area contributed by atoms with Crippen LogP contribution in [0.5, 0.6) is 0 Å². The van der Waals surface area contributed by atoms with Gasteiger partial charge in [0, 0.05) is 10.6 Å². The number of nitrogens with one attached hydrogen (secondary N) is 3. The van der Waals surface area contributed by atoms with Crippen LogP contribution in [-0.2, 0) is 16.9 Å². The Labute approximate surface area is 196 Å². The van der Waals surface area contributed by atoms with E-state index in [1.54, 1.807) is 4.90 Å². The van der Waals surface area contributed by atoms with E-state index < -0.39 is 19.7 Å². The van der Waals surface area contributed by atoms with E-state index in [2.05, 4.69) is 40.5 Å². The van der Waals surface area contributed by atoms with E-state index in [1.165, 1.54) is 0 Å². The summed E-state index contributed by atoms with van der Waals surface area (Å²) in [5.41, 5.74) is 1.87. The van der Waals surface area contributed by atoms with Crippen LogP contribution in [0.4, 0.5) is 10.6 Å². The van der Waals surface area contributed by atoms with Gasteiger partial charge >= 0.3 is 6.03 Å². The number of aliphatic hydroxyl groups is 1. The largest absolute Gasteiger partial charge is 0.394 e. The molecule has 1 aromatic carbocycles. The van der Waals surface area contributed by atoms with E-state index in [4.69, 9.17) is 0 Å². The summed E-state index contributed by atoms with van der Waals surface area (Å²) in [5, 5.41) is 23.1. The molecule has 3 amide bonds. The first-order chi connectivity index (χ1) is 15.5. The molecule has 2 aliphatic rings. The van der Waals surface area contributed by atoms with Gasteiger partial charge in [-0.25, -0.2) is 4.79 Å². The summed E-state index contributed by atoms with van der Waals surface area (Å²) in [5.74, 6) is 0.581. The Morgan fingerprint density at radius 1 is 1.21 bits per heavy atom. The van der Waals surface area contributed by atoms with Crippen molar-refractivity contribution >= 4 is 25.8 Å². The summed E-state index contributed by atoms with van der Waals surface area (Å²) < 4.78 is 0. The molecule has 0 saturated heterocycles. The van der Waals surface area contributed by atoms with E-state index in [1.807, 2.05) is 44.2 Å². The molecule has 1 unspecified atom stereocenters. The van der Waals surface area contributed by atoms with Crippen molar-refractivity contribution in [2.75, 3.05) is 11.9 Å². The molecule has 33 heavy (non-hydrogen) atoms. The highest BCUT2D eigenvalue weighted by molar-refractivity contribution is 6.83. The van der Waals surface area contributed by atoms with Crippen molar-refractivity contribution in [2.45, 2.75) is 75.9 Å². The number of rotatable bonds is 6. The van der Waals surface area contributed by atoms with Crippen molar-refractivity contribution in [3.63, 3.8) is 0 Å². The predicted octanol–water partition coefficient (Wildman–Crippen LogP) is 4.10. The molecule has 1 aliphatic heterocycles. The third-order valence-corrected chi connectivity index (χ3v) is 11.3. The average Bonchev–Trinajstić information content (AvgIpc) is 3.23. The van der Waals surface area contributed by atoms with Gasteiger partial charge in [0.25, 0.3) is 0 Å². The smallest absolute Gasteiger partial charge is 0.319 e. The summed E-state index contributed by atoms with van der Waals surface area (Å²) >= 11 is 0. The van der Waals surface area contributed by atoms with Crippen molar-refractivity contribution in [3.8, 4) is 0 Å². The summed E-state index contributed by atoms with van der Waals surface area (Å²) in [6.45, 7) is 10.8. The van der Waals surface area contributed by atoms with Crippen LogP contribution in [0.3, 0.4) is 0 Å². The van der Waals surface area contributed by atoms with E-state index >= 15 is 0 Å². The zero-order valence-corrected chi connectivity index (χ0v) is 21.2. The monoisotopic (exact) mass is 469 g/mol. The predicted molar refractivity (Wildman–Crippen MR) is 130 cm³/mol. The molecule has 8 nitrogen and oxygen atoms in total. The summed E-state index contributed by atoms with van der Waals surface area (Å²) in [4.78, 5) is 28.3. The number of aromatic nitrogens is 2. The lowest BCUT2D eigenvalue weighted by atomic mass is 9.83. The van der Waals surface area contributed by atoms with Crippen LogP contribution in [-0.4, -0.2) is 46.8 Å². The number of amides is 3. The molecule has 1 atom stereocenters. The molecule has 9 heteroatoms. The summed E-state index contributed by atoms with van der Waals surface area (Å²) in [6.07, 6.45) is 2.96. The standard InChI is InChI=1S/C24H35N5O3Si/c1-23(2)19-17(14-29(23)22(32)25-18(15-30)16-10-7-6-8-11-16)20(28-27-19)26-21(31)24(12-9-13-24)33(3,4)5/h6-8,10-11,18,30H,9,12-15H2,1-5H3,(H,25,32)(H2,26,27,28,31). The third kappa shape index (κ3) is 3.87. The average molecular weight is 470 g/mol. The molecule has 2 heterocycles. The number of H-pyrrole nitrogens is 1. The number of hydrogen-bond donors (Lipinski definition) is 4. The number of aliphatic hydroxyl groups excluding tert-OH is 1. The van der Waals surface area contributed by atoms with Crippen LogP contribution < -0.4 is 10.6 Å². The quantitative estimate of drug-likeness (QED) is 0.477. The fourth-order valence-electron chi connectivity index (χ4n) is 5.17. The van der Waals surface area contributed by atoms with Gasteiger partial charge in [-0.3, -0.25) is 9.89 Å². The van der Waals surface area contributed by atoms with Gasteiger partial charge in [-0.05, 0) is 32.3 Å². The van der Waals surface area contributed by atoms with Crippen molar-refractivity contribution in [1.29, 1.82) is 0 Å². The van der Waals surface area contributed by atoms with Crippen LogP contribution in [0.25, 0.3) is 0 Å². The van der Waals surface area contributed by atoms with Crippen molar-refractivity contribution < 1.29 is 14.7 Å². The lowest BCUT2D eigenvalue weighted by molar-refractivity contribution is -0.121. The van der Waals surface area contributed by atoms with Crippen molar-refractivity contribution in [1.82, 2.24) is 20.4 Å². The minimum Gasteiger partial charge on any atom is -0.394 e. The first kappa shape index (κ1) is 23.5. The minimum absolute atomic E-state index is 0.0624. The fraction of sp³-hybridized carbons (Fsp3) is 0.542. The van der Waals surface area contributed by atoms with Gasteiger partial charge in [0.15, 0.2) is 5.82 Å².